The number of halogens is 2. The summed E-state index contributed by atoms with van der Waals surface area (Å²) in [5.41, 5.74) is -0.392. The largest absolute Gasteiger partial charge is 0.349 e. The van der Waals surface area contributed by atoms with Gasteiger partial charge in [-0.15, -0.1) is 0 Å². The molecule has 7 heteroatoms. The molecule has 0 spiro atoms. The summed E-state index contributed by atoms with van der Waals surface area (Å²) in [6.45, 7) is 9.00. The summed E-state index contributed by atoms with van der Waals surface area (Å²) in [5.74, 6) is -1.45. The molecule has 0 aromatic heterocycles. The van der Waals surface area contributed by atoms with Gasteiger partial charge in [-0.3, -0.25) is 4.79 Å². The third kappa shape index (κ3) is 4.41. The van der Waals surface area contributed by atoms with Crippen molar-refractivity contribution in [3.8, 4) is 0 Å². The van der Waals surface area contributed by atoms with E-state index in [9.17, 15) is 17.6 Å². The van der Waals surface area contributed by atoms with Crippen LogP contribution in [0.2, 0.25) is 0 Å². The first-order valence-electron chi connectivity index (χ1n) is 6.39. The summed E-state index contributed by atoms with van der Waals surface area (Å²) in [6.07, 6.45) is 0. The second-order valence-electron chi connectivity index (χ2n) is 6.10. The summed E-state index contributed by atoms with van der Waals surface area (Å²) in [5, 5.41) is 2.66. The molecule has 21 heavy (non-hydrogen) atoms. The molecule has 1 amide bonds. The number of amides is 1. The van der Waals surface area contributed by atoms with E-state index in [1.54, 1.807) is 6.92 Å². The van der Waals surface area contributed by atoms with Gasteiger partial charge in [0.05, 0.1) is 10.5 Å². The lowest BCUT2D eigenvalue weighted by atomic mass is 9.88. The van der Waals surface area contributed by atoms with E-state index in [1.165, 1.54) is 6.92 Å². The molecular formula is C14H19ClFNO3S. The number of hydrogen-bond donors (Lipinski definition) is 1. The second-order valence-corrected chi connectivity index (χ2v) is 8.63. The number of rotatable bonds is 3. The first-order valence-corrected chi connectivity index (χ1v) is 8.70. The number of hydrogen-bond acceptors (Lipinski definition) is 3. The molecule has 0 aliphatic rings. The zero-order valence-electron chi connectivity index (χ0n) is 12.6. The highest BCUT2D eigenvalue weighted by Crippen LogP contribution is 2.24. The first kappa shape index (κ1) is 17.9. The van der Waals surface area contributed by atoms with E-state index in [2.05, 4.69) is 5.32 Å². The van der Waals surface area contributed by atoms with Crippen LogP contribution in [-0.2, 0) is 9.05 Å². The average molecular weight is 336 g/mol. The van der Waals surface area contributed by atoms with Crippen LogP contribution in [0.25, 0.3) is 0 Å². The maximum atomic E-state index is 13.9. The Bertz CT molecular complexity index is 666. The van der Waals surface area contributed by atoms with Gasteiger partial charge in [0, 0.05) is 16.7 Å². The molecule has 0 fully saturated rings. The lowest BCUT2D eigenvalue weighted by molar-refractivity contribution is 0.0905. The fourth-order valence-corrected chi connectivity index (χ4v) is 2.78. The minimum absolute atomic E-state index is 0.155. The standard InChI is InChI=1S/C14H19ClFNO3S/c1-8-6-11(16)10(7-12(8)21(15,19)20)13(18)17-9(2)14(3,4)5/h6-7,9H,1-5H3,(H,17,18). The van der Waals surface area contributed by atoms with Crippen LogP contribution >= 0.6 is 10.7 Å². The fourth-order valence-electron chi connectivity index (χ4n) is 1.58. The van der Waals surface area contributed by atoms with Gasteiger partial charge in [-0.05, 0) is 37.0 Å². The Kier molecular flexibility index (Phi) is 5.05. The van der Waals surface area contributed by atoms with E-state index in [0.717, 1.165) is 12.1 Å². The summed E-state index contributed by atoms with van der Waals surface area (Å²) in [4.78, 5) is 11.9. The molecule has 0 saturated heterocycles. The third-order valence-electron chi connectivity index (χ3n) is 3.42. The van der Waals surface area contributed by atoms with Gasteiger partial charge in [0.1, 0.15) is 5.82 Å². The van der Waals surface area contributed by atoms with Crippen molar-refractivity contribution in [3.63, 3.8) is 0 Å². The molecule has 0 bridgehead atoms. The predicted molar refractivity (Wildman–Crippen MR) is 80.6 cm³/mol. The lowest BCUT2D eigenvalue weighted by Crippen LogP contribution is -2.41. The van der Waals surface area contributed by atoms with Crippen LogP contribution in [0.4, 0.5) is 4.39 Å². The van der Waals surface area contributed by atoms with Gasteiger partial charge < -0.3 is 5.32 Å². The molecule has 0 heterocycles. The summed E-state index contributed by atoms with van der Waals surface area (Å²) < 4.78 is 36.8. The van der Waals surface area contributed by atoms with Crippen molar-refractivity contribution in [2.75, 3.05) is 0 Å². The molecule has 0 radical (unpaired) electrons. The topological polar surface area (TPSA) is 63.2 Å². The Hall–Kier alpha value is -1.14. The van der Waals surface area contributed by atoms with Gasteiger partial charge in [-0.1, -0.05) is 20.8 Å². The predicted octanol–water partition coefficient (Wildman–Crippen LogP) is 3.23. The van der Waals surface area contributed by atoms with Crippen LogP contribution in [0.1, 0.15) is 43.6 Å². The van der Waals surface area contributed by atoms with E-state index in [0.29, 0.717) is 0 Å². The zero-order valence-corrected chi connectivity index (χ0v) is 14.2. The van der Waals surface area contributed by atoms with Gasteiger partial charge in [0.15, 0.2) is 0 Å². The van der Waals surface area contributed by atoms with Crippen LogP contribution < -0.4 is 5.32 Å². The van der Waals surface area contributed by atoms with E-state index in [-0.39, 0.29) is 27.5 Å². The molecule has 4 nitrogen and oxygen atoms in total. The van der Waals surface area contributed by atoms with E-state index >= 15 is 0 Å². The molecule has 1 unspecified atom stereocenters. The van der Waals surface area contributed by atoms with Crippen molar-refractivity contribution in [1.82, 2.24) is 5.32 Å². The van der Waals surface area contributed by atoms with Crippen LogP contribution in [0.15, 0.2) is 17.0 Å². The number of aryl methyl sites for hydroxylation is 1. The number of carbonyl (C=O) groups excluding carboxylic acids is 1. The maximum absolute atomic E-state index is 13.9. The normalized spacial score (nSPS) is 13.9. The summed E-state index contributed by atoms with van der Waals surface area (Å²) in [7, 11) is 1.25. The van der Waals surface area contributed by atoms with Crippen LogP contribution in [-0.4, -0.2) is 20.4 Å². The van der Waals surface area contributed by atoms with Gasteiger partial charge in [-0.25, -0.2) is 12.8 Å². The van der Waals surface area contributed by atoms with E-state index < -0.39 is 20.8 Å². The highest BCUT2D eigenvalue weighted by atomic mass is 35.7. The van der Waals surface area contributed by atoms with Crippen LogP contribution in [0.3, 0.4) is 0 Å². The minimum Gasteiger partial charge on any atom is -0.349 e. The lowest BCUT2D eigenvalue weighted by Gasteiger charge is -2.28. The molecule has 1 atom stereocenters. The van der Waals surface area contributed by atoms with Crippen molar-refractivity contribution in [1.29, 1.82) is 0 Å². The van der Waals surface area contributed by atoms with Crippen molar-refractivity contribution in [3.05, 3.63) is 29.1 Å². The maximum Gasteiger partial charge on any atom is 0.261 e. The zero-order chi connectivity index (χ0) is 16.6. The third-order valence-corrected chi connectivity index (χ3v) is 4.88. The van der Waals surface area contributed by atoms with Crippen molar-refractivity contribution in [2.45, 2.75) is 45.6 Å². The Morgan fingerprint density at radius 2 is 1.86 bits per heavy atom. The number of benzene rings is 1. The Balaban J connectivity index is 3.23. The van der Waals surface area contributed by atoms with Crippen LogP contribution in [0, 0.1) is 18.2 Å². The smallest absolute Gasteiger partial charge is 0.261 e. The Morgan fingerprint density at radius 3 is 2.29 bits per heavy atom. The molecule has 1 aromatic carbocycles. The molecule has 0 aliphatic carbocycles. The van der Waals surface area contributed by atoms with Crippen molar-refractivity contribution < 1.29 is 17.6 Å². The van der Waals surface area contributed by atoms with Gasteiger partial charge in [0.2, 0.25) is 0 Å². The van der Waals surface area contributed by atoms with E-state index in [1.807, 2.05) is 20.8 Å². The van der Waals surface area contributed by atoms with Crippen molar-refractivity contribution >= 4 is 25.6 Å². The van der Waals surface area contributed by atoms with Gasteiger partial charge >= 0.3 is 0 Å². The summed E-state index contributed by atoms with van der Waals surface area (Å²) >= 11 is 0. The molecule has 1 N–H and O–H groups in total. The fraction of sp³-hybridized carbons (Fsp3) is 0.500. The molecule has 118 valence electrons. The second kappa shape index (κ2) is 5.93. The van der Waals surface area contributed by atoms with Gasteiger partial charge in [-0.2, -0.15) is 0 Å². The number of carbonyl (C=O) groups is 1. The summed E-state index contributed by atoms with van der Waals surface area (Å²) in [6, 6.07) is 1.74. The van der Waals surface area contributed by atoms with E-state index in [4.69, 9.17) is 10.7 Å². The Morgan fingerprint density at radius 1 is 1.33 bits per heavy atom. The Labute approximate surface area is 129 Å². The van der Waals surface area contributed by atoms with Crippen LogP contribution in [0.5, 0.6) is 0 Å². The van der Waals surface area contributed by atoms with Gasteiger partial charge in [0.25, 0.3) is 15.0 Å². The monoisotopic (exact) mass is 335 g/mol. The highest BCUT2D eigenvalue weighted by Gasteiger charge is 2.25. The number of nitrogens with one attached hydrogen (secondary N) is 1. The molecule has 0 saturated carbocycles. The molecule has 1 rings (SSSR count). The molecule has 0 aliphatic heterocycles. The average Bonchev–Trinajstić information content (AvgIpc) is 2.25. The van der Waals surface area contributed by atoms with Crippen molar-refractivity contribution in [2.24, 2.45) is 5.41 Å². The molecule has 1 aromatic rings. The first-order chi connectivity index (χ1) is 9.34. The quantitative estimate of drug-likeness (QED) is 0.862. The SMILES string of the molecule is Cc1cc(F)c(C(=O)NC(C)C(C)(C)C)cc1S(=O)(=O)Cl. The molecular weight excluding hydrogens is 317 g/mol. The minimum atomic E-state index is -4.04. The highest BCUT2D eigenvalue weighted by molar-refractivity contribution is 8.13.